The largest absolute Gasteiger partial charge is 0.394 e. The van der Waals surface area contributed by atoms with E-state index in [1.165, 1.54) is 11.1 Å². The minimum absolute atomic E-state index is 0.125. The zero-order chi connectivity index (χ0) is 15.4. The average Bonchev–Trinajstić information content (AvgIpc) is 2.46. The third-order valence-electron chi connectivity index (χ3n) is 2.17. The van der Waals surface area contributed by atoms with E-state index in [0.717, 1.165) is 9.79 Å². The summed E-state index contributed by atoms with van der Waals surface area (Å²) in [6.07, 6.45) is 0. The first-order valence-electron chi connectivity index (χ1n) is 6.22. The average molecular weight is 310 g/mol. The Balaban J connectivity index is 0.000000289. The summed E-state index contributed by atoms with van der Waals surface area (Å²) in [7, 11) is 0. The van der Waals surface area contributed by atoms with Crippen molar-refractivity contribution in [2.45, 2.75) is 23.6 Å². The van der Waals surface area contributed by atoms with E-state index in [4.69, 9.17) is 10.2 Å². The number of benzene rings is 2. The van der Waals surface area contributed by atoms with Crippen molar-refractivity contribution in [2.24, 2.45) is 0 Å². The van der Waals surface area contributed by atoms with Gasteiger partial charge < -0.3 is 10.2 Å². The molecule has 0 aromatic heterocycles. The molecule has 0 aliphatic carbocycles. The number of aryl methyl sites for hydroxylation is 2. The molecule has 2 nitrogen and oxygen atoms in total. The number of rotatable bonds is 1. The Morgan fingerprint density at radius 3 is 1.05 bits per heavy atom. The molecule has 0 radical (unpaired) electrons. The van der Waals surface area contributed by atoms with Crippen molar-refractivity contribution in [2.75, 3.05) is 13.2 Å². The number of hydrogen-bond donors (Lipinski definition) is 4. The third-order valence-corrected chi connectivity index (χ3v) is 2.76. The fourth-order valence-corrected chi connectivity index (χ4v) is 1.39. The first-order chi connectivity index (χ1) is 9.49. The van der Waals surface area contributed by atoms with Crippen molar-refractivity contribution < 1.29 is 10.2 Å². The highest BCUT2D eigenvalue weighted by Crippen LogP contribution is 2.06. The first-order valence-corrected chi connectivity index (χ1v) is 7.12. The molecule has 20 heavy (non-hydrogen) atoms. The Morgan fingerprint density at radius 2 is 0.900 bits per heavy atom. The molecule has 2 rings (SSSR count). The summed E-state index contributed by atoms with van der Waals surface area (Å²) in [6.45, 7) is 3.88. The molecule has 0 fully saturated rings. The van der Waals surface area contributed by atoms with Crippen LogP contribution >= 0.6 is 25.3 Å². The molecule has 110 valence electrons. The Morgan fingerprint density at radius 1 is 0.650 bits per heavy atom. The minimum atomic E-state index is -0.125. The monoisotopic (exact) mass is 310 g/mol. The van der Waals surface area contributed by atoms with Gasteiger partial charge in [-0.25, -0.2) is 0 Å². The van der Waals surface area contributed by atoms with E-state index >= 15 is 0 Å². The predicted octanol–water partition coefficient (Wildman–Crippen LogP) is 3.54. The van der Waals surface area contributed by atoms with Gasteiger partial charge in [0.1, 0.15) is 0 Å². The van der Waals surface area contributed by atoms with Crippen LogP contribution in [0.1, 0.15) is 11.1 Å². The number of thiol groups is 2. The van der Waals surface area contributed by atoms with Gasteiger partial charge in [-0.3, -0.25) is 0 Å². The number of aliphatic hydroxyl groups excluding tert-OH is 2. The molecule has 0 atom stereocenters. The highest BCUT2D eigenvalue weighted by molar-refractivity contribution is 7.80. The van der Waals surface area contributed by atoms with Gasteiger partial charge in [-0.2, -0.15) is 0 Å². The molecule has 0 amide bonds. The summed E-state index contributed by atoms with van der Waals surface area (Å²) in [5.41, 5.74) is 2.56. The van der Waals surface area contributed by atoms with Crippen molar-refractivity contribution in [1.82, 2.24) is 0 Å². The van der Waals surface area contributed by atoms with Crippen molar-refractivity contribution in [1.29, 1.82) is 0 Å². The fourth-order valence-electron chi connectivity index (χ4n) is 1.09. The van der Waals surface area contributed by atoms with E-state index in [2.05, 4.69) is 39.1 Å². The van der Waals surface area contributed by atoms with Crippen LogP contribution in [0.15, 0.2) is 58.3 Å². The zero-order valence-electron chi connectivity index (χ0n) is 11.8. The molecule has 0 aliphatic heterocycles. The van der Waals surface area contributed by atoms with E-state index < -0.39 is 0 Å². The van der Waals surface area contributed by atoms with E-state index in [1.807, 2.05) is 48.5 Å². The van der Waals surface area contributed by atoms with E-state index in [1.54, 1.807) is 0 Å². The summed E-state index contributed by atoms with van der Waals surface area (Å²) < 4.78 is 0. The molecule has 0 heterocycles. The molecule has 0 saturated heterocycles. The summed E-state index contributed by atoms with van der Waals surface area (Å²) in [5, 5.41) is 15.2. The lowest BCUT2D eigenvalue weighted by molar-refractivity contribution is 0.186. The van der Waals surface area contributed by atoms with Gasteiger partial charge >= 0.3 is 0 Å². The summed E-state index contributed by atoms with van der Waals surface area (Å²) >= 11 is 8.26. The second-order valence-corrected chi connectivity index (χ2v) is 5.15. The summed E-state index contributed by atoms with van der Waals surface area (Å²) in [6, 6.07) is 16.1. The SMILES string of the molecule is Cc1ccc(S)cc1.Cc1ccc(S)cc1.OCCO. The molecule has 2 aromatic rings. The molecule has 0 spiro atoms. The maximum Gasteiger partial charge on any atom is 0.0662 e. The molecule has 0 saturated carbocycles. The second kappa shape index (κ2) is 11.9. The van der Waals surface area contributed by atoms with Crippen molar-refractivity contribution in [3.63, 3.8) is 0 Å². The molecular formula is C16H22O2S2. The molecular weight excluding hydrogens is 288 g/mol. The van der Waals surface area contributed by atoms with Crippen LogP contribution in [0.4, 0.5) is 0 Å². The van der Waals surface area contributed by atoms with Gasteiger partial charge in [0, 0.05) is 9.79 Å². The van der Waals surface area contributed by atoms with Crippen molar-refractivity contribution >= 4 is 25.3 Å². The minimum Gasteiger partial charge on any atom is -0.394 e. The van der Waals surface area contributed by atoms with Crippen molar-refractivity contribution in [3.05, 3.63) is 59.7 Å². The van der Waals surface area contributed by atoms with Crippen LogP contribution in [-0.4, -0.2) is 23.4 Å². The van der Waals surface area contributed by atoms with Gasteiger partial charge in [-0.15, -0.1) is 25.3 Å². The van der Waals surface area contributed by atoms with Crippen molar-refractivity contribution in [3.8, 4) is 0 Å². The fraction of sp³-hybridized carbons (Fsp3) is 0.250. The number of aliphatic hydroxyl groups is 2. The van der Waals surface area contributed by atoms with E-state index in [0.29, 0.717) is 0 Å². The van der Waals surface area contributed by atoms with E-state index in [9.17, 15) is 0 Å². The first kappa shape index (κ1) is 19.1. The molecule has 2 aromatic carbocycles. The normalized spacial score (nSPS) is 8.90. The standard InChI is InChI=1S/2C7H8S.C2H6O2/c2*1-6-2-4-7(8)5-3-6;3-1-2-4/h2*2-5,8H,1H3;3-4H,1-2H2. The zero-order valence-corrected chi connectivity index (χ0v) is 13.6. The van der Waals surface area contributed by atoms with Gasteiger partial charge in [0.2, 0.25) is 0 Å². The second-order valence-electron chi connectivity index (χ2n) is 4.12. The lowest BCUT2D eigenvalue weighted by Gasteiger charge is -1.89. The van der Waals surface area contributed by atoms with Gasteiger partial charge in [-0.05, 0) is 38.1 Å². The lowest BCUT2D eigenvalue weighted by Crippen LogP contribution is -1.85. The molecule has 2 N–H and O–H groups in total. The molecule has 0 aliphatic rings. The van der Waals surface area contributed by atoms with Crippen LogP contribution < -0.4 is 0 Å². The summed E-state index contributed by atoms with van der Waals surface area (Å²) in [4.78, 5) is 2.05. The molecule has 0 unspecified atom stereocenters. The summed E-state index contributed by atoms with van der Waals surface area (Å²) in [5.74, 6) is 0. The van der Waals surface area contributed by atoms with Crippen LogP contribution in [0.5, 0.6) is 0 Å². The third kappa shape index (κ3) is 10.9. The van der Waals surface area contributed by atoms with Gasteiger partial charge in [-0.1, -0.05) is 35.4 Å². The van der Waals surface area contributed by atoms with Gasteiger partial charge in [0.25, 0.3) is 0 Å². The van der Waals surface area contributed by atoms with Crippen LogP contribution in [0.25, 0.3) is 0 Å². The van der Waals surface area contributed by atoms with E-state index in [-0.39, 0.29) is 13.2 Å². The Labute approximate surface area is 132 Å². The number of hydrogen-bond acceptors (Lipinski definition) is 4. The Hall–Kier alpha value is -0.940. The predicted molar refractivity (Wildman–Crippen MR) is 91.0 cm³/mol. The van der Waals surface area contributed by atoms with Crippen LogP contribution in [0.2, 0.25) is 0 Å². The Kier molecular flexibility index (Phi) is 11.3. The lowest BCUT2D eigenvalue weighted by atomic mass is 10.2. The topological polar surface area (TPSA) is 40.5 Å². The smallest absolute Gasteiger partial charge is 0.0662 e. The van der Waals surface area contributed by atoms with Crippen LogP contribution in [-0.2, 0) is 0 Å². The highest BCUT2D eigenvalue weighted by Gasteiger charge is 1.81. The maximum atomic E-state index is 7.62. The van der Waals surface area contributed by atoms with Gasteiger partial charge in [0.15, 0.2) is 0 Å². The van der Waals surface area contributed by atoms with Crippen LogP contribution in [0.3, 0.4) is 0 Å². The van der Waals surface area contributed by atoms with Crippen LogP contribution in [0, 0.1) is 13.8 Å². The quantitative estimate of drug-likeness (QED) is 0.609. The van der Waals surface area contributed by atoms with Gasteiger partial charge in [0.05, 0.1) is 13.2 Å². The maximum absolute atomic E-state index is 7.62. The Bertz CT molecular complexity index is 365. The molecule has 0 bridgehead atoms. The highest BCUT2D eigenvalue weighted by atomic mass is 32.1. The molecule has 4 heteroatoms.